The zero-order valence-corrected chi connectivity index (χ0v) is 6.34. The number of rotatable bonds is 1. The molecule has 1 aromatic heterocycles. The minimum absolute atomic E-state index is 0.145. The molecule has 1 heterocycles. The number of hydrogen-bond donors (Lipinski definition) is 1. The standard InChI is InChI=1S/C7H10FN3/c1-11-7(9)5(8)6(10-11)4-2-3-4/h4H,2-3,9H2,1H3. The van der Waals surface area contributed by atoms with Crippen molar-refractivity contribution in [2.24, 2.45) is 7.05 Å². The van der Waals surface area contributed by atoms with E-state index in [1.807, 2.05) is 0 Å². The first kappa shape index (κ1) is 6.64. The van der Waals surface area contributed by atoms with Crippen LogP contribution < -0.4 is 5.73 Å². The van der Waals surface area contributed by atoms with E-state index in [0.717, 1.165) is 12.8 Å². The number of hydrogen-bond acceptors (Lipinski definition) is 2. The average molecular weight is 155 g/mol. The summed E-state index contributed by atoms with van der Waals surface area (Å²) >= 11 is 0. The molecule has 0 unspecified atom stereocenters. The highest BCUT2D eigenvalue weighted by Crippen LogP contribution is 2.41. The van der Waals surface area contributed by atoms with Crippen molar-refractivity contribution < 1.29 is 4.39 Å². The topological polar surface area (TPSA) is 43.8 Å². The van der Waals surface area contributed by atoms with Crippen LogP contribution in [0.25, 0.3) is 0 Å². The summed E-state index contributed by atoms with van der Waals surface area (Å²) < 4.78 is 14.5. The highest BCUT2D eigenvalue weighted by atomic mass is 19.1. The molecule has 0 aromatic carbocycles. The van der Waals surface area contributed by atoms with Crippen LogP contribution in [0.15, 0.2) is 0 Å². The quantitative estimate of drug-likeness (QED) is 0.658. The Kier molecular flexibility index (Phi) is 1.19. The molecule has 0 bridgehead atoms. The zero-order valence-electron chi connectivity index (χ0n) is 6.34. The van der Waals surface area contributed by atoms with Crippen LogP contribution in [0.4, 0.5) is 10.2 Å². The first-order valence-electron chi connectivity index (χ1n) is 3.68. The fourth-order valence-electron chi connectivity index (χ4n) is 1.15. The maximum atomic E-state index is 13.1. The number of aromatic nitrogens is 2. The Morgan fingerprint density at radius 1 is 1.64 bits per heavy atom. The fraction of sp³-hybridized carbons (Fsp3) is 0.571. The van der Waals surface area contributed by atoms with E-state index >= 15 is 0 Å². The fourth-order valence-corrected chi connectivity index (χ4v) is 1.15. The third kappa shape index (κ3) is 0.895. The van der Waals surface area contributed by atoms with Crippen molar-refractivity contribution in [1.29, 1.82) is 0 Å². The Labute approximate surface area is 64.0 Å². The third-order valence-corrected chi connectivity index (χ3v) is 2.02. The summed E-state index contributed by atoms with van der Waals surface area (Å²) in [5.41, 5.74) is 5.94. The maximum absolute atomic E-state index is 13.1. The van der Waals surface area contributed by atoms with Crippen LogP contribution in [0, 0.1) is 5.82 Å². The van der Waals surface area contributed by atoms with E-state index in [0.29, 0.717) is 11.6 Å². The molecule has 0 spiro atoms. The van der Waals surface area contributed by atoms with Gasteiger partial charge < -0.3 is 5.73 Å². The summed E-state index contributed by atoms with van der Waals surface area (Å²) in [6.07, 6.45) is 2.10. The molecular weight excluding hydrogens is 145 g/mol. The number of aryl methyl sites for hydroxylation is 1. The smallest absolute Gasteiger partial charge is 0.188 e. The molecule has 0 atom stereocenters. The van der Waals surface area contributed by atoms with Gasteiger partial charge in [-0.25, -0.2) is 4.39 Å². The van der Waals surface area contributed by atoms with Crippen molar-refractivity contribution in [3.63, 3.8) is 0 Å². The number of anilines is 1. The molecule has 2 N–H and O–H groups in total. The van der Waals surface area contributed by atoms with Gasteiger partial charge in [0.25, 0.3) is 0 Å². The van der Waals surface area contributed by atoms with Gasteiger partial charge in [0, 0.05) is 13.0 Å². The summed E-state index contributed by atoms with van der Waals surface area (Å²) in [4.78, 5) is 0. The molecule has 1 aromatic rings. The molecule has 0 aliphatic heterocycles. The van der Waals surface area contributed by atoms with Crippen molar-refractivity contribution >= 4 is 5.82 Å². The molecule has 2 rings (SSSR count). The minimum atomic E-state index is -0.324. The second-order valence-corrected chi connectivity index (χ2v) is 2.98. The van der Waals surface area contributed by atoms with Crippen LogP contribution in [-0.4, -0.2) is 9.78 Å². The molecule has 0 amide bonds. The second kappa shape index (κ2) is 1.96. The number of nitrogens with zero attached hydrogens (tertiary/aromatic N) is 2. The van der Waals surface area contributed by atoms with E-state index in [1.54, 1.807) is 7.05 Å². The van der Waals surface area contributed by atoms with Crippen molar-refractivity contribution in [2.45, 2.75) is 18.8 Å². The van der Waals surface area contributed by atoms with E-state index in [9.17, 15) is 4.39 Å². The molecule has 60 valence electrons. The number of halogens is 1. The molecule has 0 saturated heterocycles. The third-order valence-electron chi connectivity index (χ3n) is 2.02. The van der Waals surface area contributed by atoms with Gasteiger partial charge in [-0.05, 0) is 12.8 Å². The predicted molar refractivity (Wildman–Crippen MR) is 39.6 cm³/mol. The summed E-state index contributed by atoms with van der Waals surface area (Å²) in [7, 11) is 1.66. The van der Waals surface area contributed by atoms with Gasteiger partial charge in [-0.15, -0.1) is 0 Å². The first-order valence-corrected chi connectivity index (χ1v) is 3.68. The number of nitrogen functional groups attached to an aromatic ring is 1. The average Bonchev–Trinajstić information content (AvgIpc) is 2.76. The van der Waals surface area contributed by atoms with Crippen molar-refractivity contribution in [3.05, 3.63) is 11.5 Å². The van der Waals surface area contributed by atoms with E-state index < -0.39 is 0 Å². The molecule has 11 heavy (non-hydrogen) atoms. The first-order chi connectivity index (χ1) is 5.20. The molecule has 1 aliphatic carbocycles. The Hall–Kier alpha value is -1.06. The van der Waals surface area contributed by atoms with Crippen molar-refractivity contribution in [1.82, 2.24) is 9.78 Å². The van der Waals surface area contributed by atoms with Gasteiger partial charge >= 0.3 is 0 Å². The van der Waals surface area contributed by atoms with Gasteiger partial charge in [-0.2, -0.15) is 5.10 Å². The highest BCUT2D eigenvalue weighted by molar-refractivity contribution is 5.36. The predicted octanol–water partition coefficient (Wildman–Crippen LogP) is 1.02. The molecule has 0 radical (unpaired) electrons. The van der Waals surface area contributed by atoms with E-state index in [-0.39, 0.29) is 11.6 Å². The van der Waals surface area contributed by atoms with Gasteiger partial charge in [-0.3, -0.25) is 4.68 Å². The van der Waals surface area contributed by atoms with E-state index in [2.05, 4.69) is 5.10 Å². The highest BCUT2D eigenvalue weighted by Gasteiger charge is 2.30. The van der Waals surface area contributed by atoms with Crippen LogP contribution in [0.5, 0.6) is 0 Å². The lowest BCUT2D eigenvalue weighted by molar-refractivity contribution is 0.615. The minimum Gasteiger partial charge on any atom is -0.381 e. The van der Waals surface area contributed by atoms with Gasteiger partial charge in [0.2, 0.25) is 0 Å². The van der Waals surface area contributed by atoms with Crippen LogP contribution in [0.2, 0.25) is 0 Å². The lowest BCUT2D eigenvalue weighted by atomic mass is 10.3. The lowest BCUT2D eigenvalue weighted by Gasteiger charge is -1.88. The molecular formula is C7H10FN3. The van der Waals surface area contributed by atoms with Gasteiger partial charge in [-0.1, -0.05) is 0 Å². The molecule has 3 nitrogen and oxygen atoms in total. The molecule has 1 fully saturated rings. The normalized spacial score (nSPS) is 17.3. The van der Waals surface area contributed by atoms with E-state index in [4.69, 9.17) is 5.73 Å². The summed E-state index contributed by atoms with van der Waals surface area (Å²) in [6.45, 7) is 0. The Morgan fingerprint density at radius 2 is 2.27 bits per heavy atom. The molecule has 1 saturated carbocycles. The monoisotopic (exact) mass is 155 g/mol. The Bertz CT molecular complexity index is 288. The molecule has 1 aliphatic rings. The van der Waals surface area contributed by atoms with Gasteiger partial charge in [0.15, 0.2) is 11.6 Å². The second-order valence-electron chi connectivity index (χ2n) is 2.98. The van der Waals surface area contributed by atoms with Crippen LogP contribution in [0.3, 0.4) is 0 Å². The SMILES string of the molecule is Cn1nc(C2CC2)c(F)c1N. The molecule has 4 heteroatoms. The number of nitrogens with two attached hydrogens (primary N) is 1. The Balaban J connectivity index is 2.46. The zero-order chi connectivity index (χ0) is 8.01. The lowest BCUT2D eigenvalue weighted by Crippen LogP contribution is -1.97. The van der Waals surface area contributed by atoms with Crippen LogP contribution >= 0.6 is 0 Å². The van der Waals surface area contributed by atoms with E-state index in [1.165, 1.54) is 4.68 Å². The van der Waals surface area contributed by atoms with Crippen LogP contribution in [-0.2, 0) is 7.05 Å². The van der Waals surface area contributed by atoms with Gasteiger partial charge in [0.1, 0.15) is 5.69 Å². The largest absolute Gasteiger partial charge is 0.381 e. The van der Waals surface area contributed by atoms with Crippen molar-refractivity contribution in [3.8, 4) is 0 Å². The summed E-state index contributed by atoms with van der Waals surface area (Å²) in [5.74, 6) is 0.153. The summed E-state index contributed by atoms with van der Waals surface area (Å²) in [6, 6.07) is 0. The van der Waals surface area contributed by atoms with Crippen LogP contribution in [0.1, 0.15) is 24.5 Å². The maximum Gasteiger partial charge on any atom is 0.188 e. The van der Waals surface area contributed by atoms with Gasteiger partial charge in [0.05, 0.1) is 0 Å². The summed E-state index contributed by atoms with van der Waals surface area (Å²) in [5, 5.41) is 3.99. The Morgan fingerprint density at radius 3 is 2.64 bits per heavy atom. The van der Waals surface area contributed by atoms with Crippen molar-refractivity contribution in [2.75, 3.05) is 5.73 Å².